The van der Waals surface area contributed by atoms with E-state index < -0.39 is 0 Å². The van der Waals surface area contributed by atoms with Crippen molar-refractivity contribution in [2.75, 3.05) is 13.7 Å². The van der Waals surface area contributed by atoms with Gasteiger partial charge in [0.15, 0.2) is 0 Å². The van der Waals surface area contributed by atoms with E-state index in [1.54, 1.807) is 7.11 Å². The highest BCUT2D eigenvalue weighted by Crippen LogP contribution is 2.32. The molecular formula is C16H28N4O. The number of methoxy groups -OCH3 is 1. The summed E-state index contributed by atoms with van der Waals surface area (Å²) in [4.78, 5) is 2.61. The van der Waals surface area contributed by atoms with Crippen molar-refractivity contribution in [3.63, 3.8) is 0 Å². The zero-order valence-electron chi connectivity index (χ0n) is 13.7. The number of rotatable bonds is 5. The molecule has 2 bridgehead atoms. The molecular weight excluding hydrogens is 264 g/mol. The lowest BCUT2D eigenvalue weighted by Crippen LogP contribution is -2.48. The maximum atomic E-state index is 5.55. The van der Waals surface area contributed by atoms with Crippen molar-refractivity contribution in [3.05, 3.63) is 11.3 Å². The molecule has 5 nitrogen and oxygen atoms in total. The van der Waals surface area contributed by atoms with Crippen LogP contribution in [0.3, 0.4) is 0 Å². The number of fused-ring (bicyclic) bond motifs is 2. The van der Waals surface area contributed by atoms with E-state index in [0.29, 0.717) is 6.04 Å². The van der Waals surface area contributed by atoms with Gasteiger partial charge in [0.1, 0.15) is 0 Å². The van der Waals surface area contributed by atoms with E-state index in [1.165, 1.54) is 31.2 Å². The summed E-state index contributed by atoms with van der Waals surface area (Å²) in [6, 6.07) is 2.16. The lowest BCUT2D eigenvalue weighted by Gasteiger charge is -2.37. The average molecular weight is 292 g/mol. The summed E-state index contributed by atoms with van der Waals surface area (Å²) in [6.45, 7) is 6.38. The highest BCUT2D eigenvalue weighted by Gasteiger charge is 2.36. The molecule has 5 heteroatoms. The Balaban J connectivity index is 1.75. The minimum atomic E-state index is 0.693. The summed E-state index contributed by atoms with van der Waals surface area (Å²) in [6.07, 6.45) is 5.28. The van der Waals surface area contributed by atoms with Gasteiger partial charge in [0.05, 0.1) is 18.4 Å². The Morgan fingerprint density at radius 2 is 2.00 bits per heavy atom. The minimum Gasteiger partial charge on any atom is -0.481 e. The Morgan fingerprint density at radius 3 is 2.57 bits per heavy atom. The van der Waals surface area contributed by atoms with E-state index >= 15 is 0 Å². The molecule has 0 amide bonds. The van der Waals surface area contributed by atoms with Crippen molar-refractivity contribution in [3.8, 4) is 5.88 Å². The number of aromatic nitrogens is 2. The molecule has 0 saturated carbocycles. The molecule has 1 aromatic heterocycles. The van der Waals surface area contributed by atoms with Gasteiger partial charge in [-0.3, -0.25) is 4.90 Å². The Labute approximate surface area is 127 Å². The topological polar surface area (TPSA) is 42.3 Å². The van der Waals surface area contributed by atoms with E-state index in [9.17, 15) is 0 Å². The number of piperidine rings is 1. The molecule has 0 aromatic carbocycles. The van der Waals surface area contributed by atoms with Crippen LogP contribution in [0.15, 0.2) is 0 Å². The lowest BCUT2D eigenvalue weighted by atomic mass is 9.97. The van der Waals surface area contributed by atoms with Crippen molar-refractivity contribution >= 4 is 0 Å². The number of nitrogens with one attached hydrogen (secondary N) is 1. The fourth-order valence-electron chi connectivity index (χ4n) is 4.15. The monoisotopic (exact) mass is 292 g/mol. The zero-order chi connectivity index (χ0) is 15.0. The summed E-state index contributed by atoms with van der Waals surface area (Å²) in [5.74, 6) is 0.905. The predicted molar refractivity (Wildman–Crippen MR) is 83.5 cm³/mol. The van der Waals surface area contributed by atoms with Crippen molar-refractivity contribution in [2.45, 2.75) is 64.2 Å². The van der Waals surface area contributed by atoms with Gasteiger partial charge >= 0.3 is 0 Å². The second-order valence-corrected chi connectivity index (χ2v) is 6.52. The van der Waals surface area contributed by atoms with Crippen molar-refractivity contribution in [1.82, 2.24) is 20.0 Å². The summed E-state index contributed by atoms with van der Waals surface area (Å²) < 4.78 is 7.40. The van der Waals surface area contributed by atoms with Crippen LogP contribution >= 0.6 is 0 Å². The molecule has 0 radical (unpaired) electrons. The van der Waals surface area contributed by atoms with Crippen LogP contribution in [-0.4, -0.2) is 46.5 Å². The summed E-state index contributed by atoms with van der Waals surface area (Å²) >= 11 is 0. The fraction of sp³-hybridized carbons (Fsp3) is 0.812. The smallest absolute Gasteiger partial charge is 0.216 e. The first-order valence-electron chi connectivity index (χ1n) is 8.18. The van der Waals surface area contributed by atoms with E-state index in [1.807, 2.05) is 11.7 Å². The fourth-order valence-corrected chi connectivity index (χ4v) is 4.15. The molecule has 118 valence electrons. The molecule has 2 aliphatic rings. The van der Waals surface area contributed by atoms with Crippen molar-refractivity contribution < 1.29 is 4.74 Å². The van der Waals surface area contributed by atoms with Crippen LogP contribution < -0.4 is 10.1 Å². The molecule has 1 aromatic rings. The van der Waals surface area contributed by atoms with Crippen LogP contribution in [0.4, 0.5) is 0 Å². The average Bonchev–Trinajstić information content (AvgIpc) is 2.94. The maximum Gasteiger partial charge on any atom is 0.216 e. The maximum absolute atomic E-state index is 5.55. The van der Waals surface area contributed by atoms with Crippen molar-refractivity contribution in [1.29, 1.82) is 0 Å². The third-order valence-corrected chi connectivity index (χ3v) is 5.21. The molecule has 0 aliphatic carbocycles. The second-order valence-electron chi connectivity index (χ2n) is 6.52. The first kappa shape index (κ1) is 14.9. The Morgan fingerprint density at radius 1 is 1.33 bits per heavy atom. The van der Waals surface area contributed by atoms with E-state index in [0.717, 1.165) is 36.7 Å². The van der Waals surface area contributed by atoms with Gasteiger partial charge < -0.3 is 10.1 Å². The van der Waals surface area contributed by atoms with Crippen LogP contribution in [-0.2, 0) is 13.6 Å². The number of nitrogens with zero attached hydrogens (tertiary/aromatic N) is 3. The van der Waals surface area contributed by atoms with Gasteiger partial charge in [-0.2, -0.15) is 5.10 Å². The van der Waals surface area contributed by atoms with Gasteiger partial charge in [0.25, 0.3) is 0 Å². The van der Waals surface area contributed by atoms with E-state index in [4.69, 9.17) is 4.74 Å². The van der Waals surface area contributed by atoms with E-state index in [2.05, 4.69) is 29.2 Å². The second kappa shape index (κ2) is 5.97. The van der Waals surface area contributed by atoms with Crippen molar-refractivity contribution in [2.24, 2.45) is 7.05 Å². The molecule has 2 fully saturated rings. The van der Waals surface area contributed by atoms with Gasteiger partial charge in [-0.25, -0.2) is 4.68 Å². The standard InChI is InChI=1S/C16H28N4O/c1-5-20(14-8-12-6-7-13(9-14)17-12)10-15-11(2)18-19(3)16(15)21-4/h12-14,17H,5-10H2,1-4H3. The normalized spacial score (nSPS) is 28.3. The molecule has 2 saturated heterocycles. The highest BCUT2D eigenvalue weighted by molar-refractivity contribution is 5.30. The van der Waals surface area contributed by atoms with Gasteiger partial charge in [0, 0.05) is 31.7 Å². The largest absolute Gasteiger partial charge is 0.481 e. The van der Waals surface area contributed by atoms with Gasteiger partial charge in [-0.05, 0) is 39.2 Å². The summed E-state index contributed by atoms with van der Waals surface area (Å²) in [5, 5.41) is 8.24. The molecule has 1 N–H and O–H groups in total. The molecule has 21 heavy (non-hydrogen) atoms. The van der Waals surface area contributed by atoms with Crippen LogP contribution in [0.1, 0.15) is 43.9 Å². The van der Waals surface area contributed by atoms with Gasteiger partial charge in [-0.15, -0.1) is 0 Å². The molecule has 2 atom stereocenters. The van der Waals surface area contributed by atoms with Crippen LogP contribution in [0.5, 0.6) is 5.88 Å². The Bertz CT molecular complexity index is 487. The SMILES string of the molecule is CCN(Cc1c(C)nn(C)c1OC)C1CC2CCC(C1)N2. The first-order chi connectivity index (χ1) is 10.1. The van der Waals surface area contributed by atoms with Crippen LogP contribution in [0.2, 0.25) is 0 Å². The third-order valence-electron chi connectivity index (χ3n) is 5.21. The third kappa shape index (κ3) is 2.81. The number of hydrogen-bond donors (Lipinski definition) is 1. The molecule has 3 heterocycles. The Hall–Kier alpha value is -1.07. The number of aryl methyl sites for hydroxylation is 2. The van der Waals surface area contributed by atoms with Gasteiger partial charge in [-0.1, -0.05) is 6.92 Å². The number of ether oxygens (including phenoxy) is 1. The molecule has 0 spiro atoms. The van der Waals surface area contributed by atoms with Crippen LogP contribution in [0.25, 0.3) is 0 Å². The summed E-state index contributed by atoms with van der Waals surface area (Å²) in [7, 11) is 3.69. The highest BCUT2D eigenvalue weighted by atomic mass is 16.5. The van der Waals surface area contributed by atoms with Crippen LogP contribution in [0, 0.1) is 6.92 Å². The minimum absolute atomic E-state index is 0.693. The molecule has 3 rings (SSSR count). The molecule has 2 aliphatic heterocycles. The quantitative estimate of drug-likeness (QED) is 0.899. The molecule has 2 unspecified atom stereocenters. The first-order valence-corrected chi connectivity index (χ1v) is 8.18. The zero-order valence-corrected chi connectivity index (χ0v) is 13.7. The Kier molecular flexibility index (Phi) is 4.22. The summed E-state index contributed by atoms with van der Waals surface area (Å²) in [5.41, 5.74) is 2.33. The van der Waals surface area contributed by atoms with E-state index in [-0.39, 0.29) is 0 Å². The lowest BCUT2D eigenvalue weighted by molar-refractivity contribution is 0.139. The number of hydrogen-bond acceptors (Lipinski definition) is 4. The predicted octanol–water partition coefficient (Wildman–Crippen LogP) is 1.84. The van der Waals surface area contributed by atoms with Gasteiger partial charge in [0.2, 0.25) is 5.88 Å².